The summed E-state index contributed by atoms with van der Waals surface area (Å²) in [6.45, 7) is 4.67. The number of para-hydroxylation sites is 2. The van der Waals surface area contributed by atoms with Gasteiger partial charge in [0.05, 0.1) is 22.9 Å². The molecule has 1 saturated heterocycles. The maximum absolute atomic E-state index is 13.5. The SMILES string of the molecule is COCCCn1c([C@@H]2CCCN(C(=O)C[C@@H](Cc3ccc(-c4cnc(C)n4C)cc3)NC(=O)O)C2)nc2ccccc21. The van der Waals surface area contributed by atoms with Gasteiger partial charge < -0.3 is 29.2 Å². The zero-order chi connectivity index (χ0) is 29.6. The molecule has 10 heteroatoms. The molecule has 42 heavy (non-hydrogen) atoms. The van der Waals surface area contributed by atoms with Gasteiger partial charge >= 0.3 is 6.09 Å². The molecule has 3 heterocycles. The van der Waals surface area contributed by atoms with E-state index in [2.05, 4.69) is 20.9 Å². The van der Waals surface area contributed by atoms with E-state index in [1.165, 1.54) is 0 Å². The van der Waals surface area contributed by atoms with Crippen LogP contribution in [0.1, 0.15) is 48.8 Å². The van der Waals surface area contributed by atoms with Crippen LogP contribution in [0.15, 0.2) is 54.7 Å². The minimum Gasteiger partial charge on any atom is -0.465 e. The molecule has 0 aliphatic carbocycles. The lowest BCUT2D eigenvalue weighted by Gasteiger charge is -2.33. The maximum Gasteiger partial charge on any atom is 0.404 e. The van der Waals surface area contributed by atoms with Crippen LogP contribution in [0, 0.1) is 6.92 Å². The van der Waals surface area contributed by atoms with E-state index in [0.717, 1.165) is 65.3 Å². The lowest BCUT2D eigenvalue weighted by atomic mass is 9.95. The Morgan fingerprint density at radius 1 is 1.17 bits per heavy atom. The molecule has 5 rings (SSSR count). The van der Waals surface area contributed by atoms with Crippen LogP contribution >= 0.6 is 0 Å². The minimum atomic E-state index is -1.13. The summed E-state index contributed by atoms with van der Waals surface area (Å²) in [5.41, 5.74) is 5.08. The predicted octanol–water partition coefficient (Wildman–Crippen LogP) is 4.76. The average molecular weight is 573 g/mol. The quantitative estimate of drug-likeness (QED) is 0.251. The first-order chi connectivity index (χ1) is 20.3. The number of benzene rings is 2. The molecule has 2 aromatic carbocycles. The third kappa shape index (κ3) is 6.65. The van der Waals surface area contributed by atoms with Crippen molar-refractivity contribution in [2.24, 2.45) is 7.05 Å². The number of aryl methyl sites for hydroxylation is 2. The van der Waals surface area contributed by atoms with E-state index >= 15 is 0 Å². The van der Waals surface area contributed by atoms with Crippen molar-refractivity contribution in [1.82, 2.24) is 29.3 Å². The highest BCUT2D eigenvalue weighted by atomic mass is 16.5. The summed E-state index contributed by atoms with van der Waals surface area (Å²) in [6, 6.07) is 15.6. The van der Waals surface area contributed by atoms with E-state index in [0.29, 0.717) is 26.1 Å². The fourth-order valence-electron chi connectivity index (χ4n) is 5.98. The largest absolute Gasteiger partial charge is 0.465 e. The first-order valence-corrected chi connectivity index (χ1v) is 14.6. The molecular weight excluding hydrogens is 532 g/mol. The van der Waals surface area contributed by atoms with Crippen LogP contribution in [-0.2, 0) is 29.5 Å². The smallest absolute Gasteiger partial charge is 0.404 e. The summed E-state index contributed by atoms with van der Waals surface area (Å²) in [5.74, 6) is 2.02. The molecule has 10 nitrogen and oxygen atoms in total. The number of carboxylic acid groups (broad SMARTS) is 1. The van der Waals surface area contributed by atoms with E-state index in [1.807, 2.05) is 72.1 Å². The van der Waals surface area contributed by atoms with E-state index in [9.17, 15) is 14.7 Å². The van der Waals surface area contributed by atoms with E-state index in [4.69, 9.17) is 9.72 Å². The molecule has 0 radical (unpaired) electrons. The second-order valence-corrected chi connectivity index (χ2v) is 11.1. The lowest BCUT2D eigenvalue weighted by molar-refractivity contribution is -0.132. The first kappa shape index (κ1) is 29.3. The van der Waals surface area contributed by atoms with Crippen LogP contribution in [0.25, 0.3) is 22.3 Å². The van der Waals surface area contributed by atoms with Crippen LogP contribution in [-0.4, -0.2) is 74.0 Å². The zero-order valence-corrected chi connectivity index (χ0v) is 24.6. The van der Waals surface area contributed by atoms with Crippen LogP contribution in [0.2, 0.25) is 0 Å². The maximum atomic E-state index is 13.5. The minimum absolute atomic E-state index is 0.0394. The second kappa shape index (κ2) is 13.2. The highest BCUT2D eigenvalue weighted by molar-refractivity contribution is 5.78. The van der Waals surface area contributed by atoms with Crippen molar-refractivity contribution in [1.29, 1.82) is 0 Å². The molecule has 0 spiro atoms. The number of nitrogens with zero attached hydrogens (tertiary/aromatic N) is 5. The van der Waals surface area contributed by atoms with Crippen molar-refractivity contribution in [3.8, 4) is 11.3 Å². The number of nitrogens with one attached hydrogen (secondary N) is 1. The van der Waals surface area contributed by atoms with Crippen molar-refractivity contribution in [3.05, 3.63) is 71.9 Å². The van der Waals surface area contributed by atoms with Crippen molar-refractivity contribution in [2.75, 3.05) is 26.8 Å². The molecule has 2 aromatic heterocycles. The van der Waals surface area contributed by atoms with Gasteiger partial charge in [0.25, 0.3) is 0 Å². The van der Waals surface area contributed by atoms with Gasteiger partial charge in [0.2, 0.25) is 5.91 Å². The summed E-state index contributed by atoms with van der Waals surface area (Å²) >= 11 is 0. The number of rotatable bonds is 11. The highest BCUT2D eigenvalue weighted by Crippen LogP contribution is 2.30. The molecule has 0 saturated carbocycles. The Morgan fingerprint density at radius 2 is 1.95 bits per heavy atom. The van der Waals surface area contributed by atoms with Crippen LogP contribution < -0.4 is 5.32 Å². The van der Waals surface area contributed by atoms with Gasteiger partial charge in [-0.2, -0.15) is 0 Å². The Hall–Kier alpha value is -4.18. The molecule has 0 bridgehead atoms. The van der Waals surface area contributed by atoms with Gasteiger partial charge in [-0.25, -0.2) is 14.8 Å². The van der Waals surface area contributed by atoms with Crippen LogP contribution in [0.3, 0.4) is 0 Å². The van der Waals surface area contributed by atoms with Crippen LogP contribution in [0.5, 0.6) is 0 Å². The number of imidazole rings is 2. The van der Waals surface area contributed by atoms with Gasteiger partial charge in [0.1, 0.15) is 11.6 Å². The average Bonchev–Trinajstić information content (AvgIpc) is 3.52. The molecular formula is C32H40N6O4. The van der Waals surface area contributed by atoms with Crippen molar-refractivity contribution in [2.45, 2.75) is 57.5 Å². The number of likely N-dealkylation sites (tertiary alicyclic amines) is 1. The molecule has 4 aromatic rings. The second-order valence-electron chi connectivity index (χ2n) is 11.1. The van der Waals surface area contributed by atoms with Gasteiger partial charge in [0, 0.05) is 58.8 Å². The van der Waals surface area contributed by atoms with Crippen LogP contribution in [0.4, 0.5) is 4.79 Å². The summed E-state index contributed by atoms with van der Waals surface area (Å²) in [5, 5.41) is 12.1. The third-order valence-corrected chi connectivity index (χ3v) is 8.25. The number of carbonyl (C=O) groups excluding carboxylic acids is 1. The lowest BCUT2D eigenvalue weighted by Crippen LogP contribution is -2.44. The number of hydrogen-bond donors (Lipinski definition) is 2. The Morgan fingerprint density at radius 3 is 2.67 bits per heavy atom. The highest BCUT2D eigenvalue weighted by Gasteiger charge is 2.30. The number of carbonyl (C=O) groups is 2. The zero-order valence-electron chi connectivity index (χ0n) is 24.6. The number of amides is 2. The van der Waals surface area contributed by atoms with E-state index in [-0.39, 0.29) is 18.2 Å². The summed E-state index contributed by atoms with van der Waals surface area (Å²) in [7, 11) is 3.69. The van der Waals surface area contributed by atoms with Gasteiger partial charge in [-0.15, -0.1) is 0 Å². The van der Waals surface area contributed by atoms with Gasteiger partial charge in [0.15, 0.2) is 0 Å². The number of piperidine rings is 1. The number of aromatic nitrogens is 4. The fraction of sp³-hybridized carbons (Fsp3) is 0.438. The van der Waals surface area contributed by atoms with E-state index < -0.39 is 12.1 Å². The Kier molecular flexibility index (Phi) is 9.22. The third-order valence-electron chi connectivity index (χ3n) is 8.25. The molecule has 2 atom stereocenters. The molecule has 2 amide bonds. The van der Waals surface area contributed by atoms with Gasteiger partial charge in [-0.3, -0.25) is 4.79 Å². The van der Waals surface area contributed by atoms with Gasteiger partial charge in [-0.1, -0.05) is 36.4 Å². The molecule has 1 aliphatic heterocycles. The van der Waals surface area contributed by atoms with E-state index in [1.54, 1.807) is 7.11 Å². The number of fused-ring (bicyclic) bond motifs is 1. The summed E-state index contributed by atoms with van der Waals surface area (Å²) in [6.07, 6.45) is 3.96. The van der Waals surface area contributed by atoms with Crippen molar-refractivity contribution >= 4 is 23.0 Å². The number of ether oxygens (including phenoxy) is 1. The summed E-state index contributed by atoms with van der Waals surface area (Å²) in [4.78, 5) is 36.4. The van der Waals surface area contributed by atoms with Gasteiger partial charge in [-0.05, 0) is 55.9 Å². The Balaban J connectivity index is 1.27. The fourth-order valence-corrected chi connectivity index (χ4v) is 5.98. The number of hydrogen-bond acceptors (Lipinski definition) is 5. The standard InChI is InChI=1S/C32H40N6O4/c1-22-33-20-29(36(22)2)24-13-11-23(12-14-24)18-26(34-32(40)41)19-30(39)37-15-6-8-25(21-37)31-35-27-9-4-5-10-28(27)38(31)16-7-17-42-3/h4-5,9-14,20,25-26,34H,6-8,15-19,21H2,1-3H3,(H,40,41)/t25-,26-/m1/s1. The summed E-state index contributed by atoms with van der Waals surface area (Å²) < 4.78 is 9.59. The molecule has 0 unspecified atom stereocenters. The topological polar surface area (TPSA) is 115 Å². The molecule has 1 aliphatic rings. The monoisotopic (exact) mass is 572 g/mol. The van der Waals surface area contributed by atoms with Crippen molar-refractivity contribution in [3.63, 3.8) is 0 Å². The normalized spacial score (nSPS) is 16.1. The molecule has 2 N–H and O–H groups in total. The van der Waals surface area contributed by atoms with Crippen molar-refractivity contribution < 1.29 is 19.4 Å². The predicted molar refractivity (Wildman–Crippen MR) is 161 cm³/mol. The molecule has 222 valence electrons. The first-order valence-electron chi connectivity index (χ1n) is 14.6. The Labute approximate surface area is 246 Å². The molecule has 1 fully saturated rings. The Bertz CT molecular complexity index is 1530. The number of methoxy groups -OCH3 is 1.